The Labute approximate surface area is 196 Å². The van der Waals surface area contributed by atoms with Crippen LogP contribution >= 0.6 is 0 Å². The van der Waals surface area contributed by atoms with Crippen molar-refractivity contribution in [3.05, 3.63) is 12.4 Å². The van der Waals surface area contributed by atoms with E-state index in [2.05, 4.69) is 16.1 Å². The molecule has 0 saturated carbocycles. The number of unbranched alkanes of at least 4 members (excludes halogenated alkanes) is 1. The summed E-state index contributed by atoms with van der Waals surface area (Å²) >= 11 is 0. The van der Waals surface area contributed by atoms with E-state index in [0.29, 0.717) is 4.90 Å². The van der Waals surface area contributed by atoms with Crippen LogP contribution in [0.1, 0.15) is 47.0 Å². The SMILES string of the molecule is C=C(F)C(=O)OC(OCCCCC(F)(F)C(F)(F)S(=O)(=O)[O-])(C(=O)N(C(C)C)C(C)C)C(F)(F)F. The van der Waals surface area contributed by atoms with E-state index in [0.717, 1.165) is 0 Å². The van der Waals surface area contributed by atoms with Crippen LogP contribution in [0.3, 0.4) is 0 Å². The molecule has 1 amide bonds. The van der Waals surface area contributed by atoms with E-state index in [1.54, 1.807) is 0 Å². The summed E-state index contributed by atoms with van der Waals surface area (Å²) < 4.78 is 148. The van der Waals surface area contributed by atoms with Gasteiger partial charge in [-0.25, -0.2) is 13.2 Å². The van der Waals surface area contributed by atoms with Crippen molar-refractivity contribution in [2.45, 2.75) is 82.2 Å². The van der Waals surface area contributed by atoms with Gasteiger partial charge in [0.25, 0.3) is 0 Å². The van der Waals surface area contributed by atoms with Crippen molar-refractivity contribution >= 4 is 22.0 Å². The molecule has 0 N–H and O–H groups in total. The molecule has 0 radical (unpaired) electrons. The maximum atomic E-state index is 14.0. The van der Waals surface area contributed by atoms with Crippen LogP contribution < -0.4 is 0 Å². The van der Waals surface area contributed by atoms with Crippen LogP contribution in [0.25, 0.3) is 0 Å². The highest BCUT2D eigenvalue weighted by atomic mass is 32.2. The third-order valence-corrected chi connectivity index (χ3v) is 5.32. The molecule has 0 aliphatic carbocycles. The maximum Gasteiger partial charge on any atom is 0.466 e. The number of hydrogen-bond donors (Lipinski definition) is 0. The molecule has 0 aromatic carbocycles. The van der Waals surface area contributed by atoms with E-state index in [9.17, 15) is 57.7 Å². The summed E-state index contributed by atoms with van der Waals surface area (Å²) in [4.78, 5) is 25.0. The lowest BCUT2D eigenvalue weighted by molar-refractivity contribution is -0.351. The third-order valence-electron chi connectivity index (χ3n) is 4.39. The fraction of sp³-hybridized carbons (Fsp3) is 0.778. The molecular formula is C18H24F8NO7S-. The Hall–Kier alpha value is -2.01. The normalized spacial score (nSPS) is 15.2. The average Bonchev–Trinajstić information content (AvgIpc) is 2.63. The standard InChI is InChI=1S/C18H25F8NO7S/c1-10(2)27(11(3)4)14(29)16(17(22,23)24,34-13(28)12(5)19)33-9-7-6-8-15(20,21)18(25,26)35(30,31)32/h10-11H,5-9H2,1-4H3,(H,30,31,32)/p-1. The summed E-state index contributed by atoms with van der Waals surface area (Å²) in [6.07, 6.45) is -9.87. The average molecular weight is 550 g/mol. The Bertz CT molecular complexity index is 882. The zero-order valence-corrected chi connectivity index (χ0v) is 19.7. The highest BCUT2D eigenvalue weighted by molar-refractivity contribution is 7.86. The molecule has 0 aromatic heterocycles. The van der Waals surface area contributed by atoms with Crippen molar-refractivity contribution in [2.75, 3.05) is 6.61 Å². The van der Waals surface area contributed by atoms with Crippen molar-refractivity contribution in [3.8, 4) is 0 Å². The highest BCUT2D eigenvalue weighted by Gasteiger charge is 2.68. The van der Waals surface area contributed by atoms with Gasteiger partial charge in [0.15, 0.2) is 10.1 Å². The van der Waals surface area contributed by atoms with Crippen molar-refractivity contribution in [1.82, 2.24) is 4.90 Å². The van der Waals surface area contributed by atoms with Crippen molar-refractivity contribution in [2.24, 2.45) is 0 Å². The van der Waals surface area contributed by atoms with Crippen molar-refractivity contribution in [1.29, 1.82) is 0 Å². The number of carbonyl (C=O) groups is 2. The fourth-order valence-corrected chi connectivity index (χ4v) is 3.28. The number of nitrogens with zero attached hydrogens (tertiary/aromatic N) is 1. The predicted molar refractivity (Wildman–Crippen MR) is 102 cm³/mol. The monoisotopic (exact) mass is 550 g/mol. The van der Waals surface area contributed by atoms with Gasteiger partial charge in [-0.2, -0.15) is 35.1 Å². The number of carbonyl (C=O) groups excluding carboxylic acids is 2. The first-order valence-corrected chi connectivity index (χ1v) is 11.2. The topological polar surface area (TPSA) is 113 Å². The van der Waals surface area contributed by atoms with Crippen LogP contribution in [0.5, 0.6) is 0 Å². The van der Waals surface area contributed by atoms with Gasteiger partial charge in [-0.15, -0.1) is 0 Å². The van der Waals surface area contributed by atoms with E-state index in [4.69, 9.17) is 0 Å². The molecule has 8 nitrogen and oxygen atoms in total. The maximum absolute atomic E-state index is 14.0. The molecule has 0 fully saturated rings. The van der Waals surface area contributed by atoms with Gasteiger partial charge < -0.3 is 18.9 Å². The van der Waals surface area contributed by atoms with Gasteiger partial charge in [0.2, 0.25) is 5.83 Å². The van der Waals surface area contributed by atoms with Gasteiger partial charge in [-0.1, -0.05) is 6.58 Å². The summed E-state index contributed by atoms with van der Waals surface area (Å²) in [5, 5.41) is -6.00. The van der Waals surface area contributed by atoms with Crippen LogP contribution in [0.2, 0.25) is 0 Å². The van der Waals surface area contributed by atoms with Gasteiger partial charge in [-0.05, 0) is 40.5 Å². The van der Waals surface area contributed by atoms with Crippen LogP contribution in [-0.2, 0) is 29.2 Å². The van der Waals surface area contributed by atoms with Crippen LogP contribution in [0, 0.1) is 0 Å². The molecule has 35 heavy (non-hydrogen) atoms. The van der Waals surface area contributed by atoms with Crippen LogP contribution in [0.4, 0.5) is 35.1 Å². The number of alkyl halides is 7. The zero-order chi connectivity index (χ0) is 28.2. The van der Waals surface area contributed by atoms with E-state index >= 15 is 0 Å². The zero-order valence-electron chi connectivity index (χ0n) is 18.9. The molecule has 0 spiro atoms. The van der Waals surface area contributed by atoms with E-state index in [-0.39, 0.29) is 0 Å². The van der Waals surface area contributed by atoms with Gasteiger partial charge in [0, 0.05) is 18.5 Å². The summed E-state index contributed by atoms with van der Waals surface area (Å²) in [5.41, 5.74) is 0. The Morgan fingerprint density at radius 1 is 0.971 bits per heavy atom. The molecule has 0 aliphatic rings. The molecule has 0 rings (SSSR count). The number of hydrogen-bond acceptors (Lipinski definition) is 7. The Balaban J connectivity index is 5.95. The van der Waals surface area contributed by atoms with E-state index in [1.807, 2.05) is 0 Å². The third kappa shape index (κ3) is 7.49. The van der Waals surface area contributed by atoms with Gasteiger partial charge in [0.05, 0.1) is 6.61 Å². The van der Waals surface area contributed by atoms with Crippen LogP contribution in [-0.4, -0.2) is 71.6 Å². The second-order valence-corrected chi connectivity index (χ2v) is 9.21. The first kappa shape index (κ1) is 33.0. The Kier molecular flexibility index (Phi) is 10.7. The summed E-state index contributed by atoms with van der Waals surface area (Å²) in [7, 11) is -6.77. The van der Waals surface area contributed by atoms with Crippen LogP contribution in [0.15, 0.2) is 12.4 Å². The molecule has 0 bridgehead atoms. The number of ether oxygens (including phenoxy) is 2. The summed E-state index contributed by atoms with van der Waals surface area (Å²) in [6, 6.07) is -1.87. The lowest BCUT2D eigenvalue weighted by Crippen LogP contribution is -2.64. The molecule has 17 heteroatoms. The molecule has 0 aromatic rings. The number of amides is 1. The van der Waals surface area contributed by atoms with E-state index < -0.39 is 88.9 Å². The smallest absolute Gasteiger partial charge is 0.466 e. The fourth-order valence-electron chi connectivity index (χ4n) is 2.81. The second kappa shape index (κ2) is 11.4. The molecule has 206 valence electrons. The molecule has 1 unspecified atom stereocenters. The second-order valence-electron chi connectivity index (χ2n) is 7.79. The minimum atomic E-state index is -6.77. The largest absolute Gasteiger partial charge is 0.743 e. The Morgan fingerprint density at radius 3 is 1.77 bits per heavy atom. The first-order valence-electron chi connectivity index (χ1n) is 9.78. The lowest BCUT2D eigenvalue weighted by atomic mass is 10.1. The van der Waals surface area contributed by atoms with E-state index in [1.165, 1.54) is 27.7 Å². The minimum Gasteiger partial charge on any atom is -0.743 e. The number of rotatable bonds is 13. The Morgan fingerprint density at radius 2 is 1.43 bits per heavy atom. The number of esters is 1. The highest BCUT2D eigenvalue weighted by Crippen LogP contribution is 2.42. The predicted octanol–water partition coefficient (Wildman–Crippen LogP) is 3.88. The summed E-state index contributed by atoms with van der Waals surface area (Å²) in [6.45, 7) is 6.30. The molecule has 0 aliphatic heterocycles. The minimum absolute atomic E-state index is 0.579. The number of halogens is 8. The summed E-state index contributed by atoms with van der Waals surface area (Å²) in [5.74, 6) is -16.2. The van der Waals surface area contributed by atoms with Gasteiger partial charge in [0.1, 0.15) is 0 Å². The van der Waals surface area contributed by atoms with Gasteiger partial charge in [-0.3, -0.25) is 4.79 Å². The molecule has 1 atom stereocenters. The molecule has 0 saturated heterocycles. The van der Waals surface area contributed by atoms with Gasteiger partial charge >= 0.3 is 35.0 Å². The van der Waals surface area contributed by atoms with Crippen molar-refractivity contribution < 1.29 is 67.2 Å². The quantitative estimate of drug-likeness (QED) is 0.0854. The molecular weight excluding hydrogens is 526 g/mol. The lowest BCUT2D eigenvalue weighted by Gasteiger charge is -2.40. The van der Waals surface area contributed by atoms with Crippen molar-refractivity contribution in [3.63, 3.8) is 0 Å². The molecule has 0 heterocycles. The first-order chi connectivity index (χ1) is 15.5.